The van der Waals surface area contributed by atoms with Gasteiger partial charge in [0.1, 0.15) is 11.3 Å². The molecule has 1 aliphatic rings. The molecular formula is C23H28N2O6. The number of piperazine rings is 1. The number of rotatable bonds is 8. The van der Waals surface area contributed by atoms with Crippen molar-refractivity contribution in [3.8, 4) is 17.2 Å². The Balaban J connectivity index is 1.52. The van der Waals surface area contributed by atoms with E-state index in [2.05, 4.69) is 17.0 Å². The van der Waals surface area contributed by atoms with Gasteiger partial charge in [-0.15, -0.1) is 0 Å². The lowest BCUT2D eigenvalue weighted by atomic mass is 10.1. The van der Waals surface area contributed by atoms with Crippen LogP contribution in [0.3, 0.4) is 0 Å². The molecule has 0 aromatic heterocycles. The Kier molecular flexibility index (Phi) is 7.72. The molecule has 0 unspecified atom stereocenters. The molecule has 8 heteroatoms. The first-order valence-corrected chi connectivity index (χ1v) is 10.1. The summed E-state index contributed by atoms with van der Waals surface area (Å²) in [6.45, 7) is 3.29. The number of nitrogens with zero attached hydrogens (tertiary/aromatic N) is 2. The predicted molar refractivity (Wildman–Crippen MR) is 115 cm³/mol. The number of methoxy groups -OCH3 is 3. The van der Waals surface area contributed by atoms with Crippen LogP contribution in [0.5, 0.6) is 17.2 Å². The average molecular weight is 428 g/mol. The third-order valence-corrected chi connectivity index (χ3v) is 5.23. The highest BCUT2D eigenvalue weighted by Gasteiger charge is 2.24. The van der Waals surface area contributed by atoms with Gasteiger partial charge in [0.05, 0.1) is 21.3 Å². The second-order valence-electron chi connectivity index (χ2n) is 7.13. The zero-order chi connectivity index (χ0) is 22.2. The van der Waals surface area contributed by atoms with Crippen LogP contribution in [0.25, 0.3) is 0 Å². The summed E-state index contributed by atoms with van der Waals surface area (Å²) in [6.07, 6.45) is 0. The molecule has 0 spiro atoms. The number of benzene rings is 2. The maximum atomic E-state index is 12.6. The molecule has 0 N–H and O–H groups in total. The van der Waals surface area contributed by atoms with Gasteiger partial charge in [-0.2, -0.15) is 0 Å². The number of ether oxygens (including phenoxy) is 4. The molecule has 3 rings (SSSR count). The van der Waals surface area contributed by atoms with E-state index in [1.54, 1.807) is 11.0 Å². The molecule has 1 amide bonds. The highest BCUT2D eigenvalue weighted by atomic mass is 16.5. The van der Waals surface area contributed by atoms with E-state index in [4.69, 9.17) is 18.9 Å². The van der Waals surface area contributed by atoms with E-state index in [1.807, 2.05) is 18.2 Å². The summed E-state index contributed by atoms with van der Waals surface area (Å²) in [5.41, 5.74) is 1.42. The highest BCUT2D eigenvalue weighted by molar-refractivity contribution is 5.95. The van der Waals surface area contributed by atoms with Gasteiger partial charge in [0.15, 0.2) is 18.1 Å². The summed E-state index contributed by atoms with van der Waals surface area (Å²) in [7, 11) is 4.41. The van der Waals surface area contributed by atoms with Gasteiger partial charge in [-0.1, -0.05) is 30.3 Å². The van der Waals surface area contributed by atoms with Crippen LogP contribution in [0.2, 0.25) is 0 Å². The van der Waals surface area contributed by atoms with E-state index >= 15 is 0 Å². The zero-order valence-corrected chi connectivity index (χ0v) is 18.1. The van der Waals surface area contributed by atoms with Crippen LogP contribution in [0.4, 0.5) is 0 Å². The lowest BCUT2D eigenvalue weighted by molar-refractivity contribution is -0.136. The Morgan fingerprint density at radius 1 is 0.839 bits per heavy atom. The van der Waals surface area contributed by atoms with Crippen molar-refractivity contribution in [3.05, 3.63) is 53.6 Å². The van der Waals surface area contributed by atoms with E-state index in [0.717, 1.165) is 19.6 Å². The Hall–Kier alpha value is -3.26. The van der Waals surface area contributed by atoms with Gasteiger partial charge in [-0.3, -0.25) is 9.69 Å². The monoisotopic (exact) mass is 428 g/mol. The molecule has 0 bridgehead atoms. The fourth-order valence-electron chi connectivity index (χ4n) is 3.48. The molecule has 0 atom stereocenters. The van der Waals surface area contributed by atoms with Crippen LogP contribution in [-0.2, 0) is 16.1 Å². The minimum atomic E-state index is -0.658. The Morgan fingerprint density at radius 3 is 2.06 bits per heavy atom. The summed E-state index contributed by atoms with van der Waals surface area (Å²) in [4.78, 5) is 29.1. The number of amides is 1. The van der Waals surface area contributed by atoms with Crippen molar-refractivity contribution in [1.29, 1.82) is 0 Å². The fourth-order valence-corrected chi connectivity index (χ4v) is 3.48. The summed E-state index contributed by atoms with van der Waals surface area (Å²) in [5, 5.41) is 0. The van der Waals surface area contributed by atoms with Crippen molar-refractivity contribution >= 4 is 11.9 Å². The molecule has 0 radical (unpaired) electrons. The van der Waals surface area contributed by atoms with Gasteiger partial charge in [0.2, 0.25) is 0 Å². The zero-order valence-electron chi connectivity index (χ0n) is 18.1. The molecule has 31 heavy (non-hydrogen) atoms. The second-order valence-corrected chi connectivity index (χ2v) is 7.13. The van der Waals surface area contributed by atoms with E-state index in [9.17, 15) is 9.59 Å². The van der Waals surface area contributed by atoms with Gasteiger partial charge in [-0.05, 0) is 5.56 Å². The number of hydrogen-bond acceptors (Lipinski definition) is 7. The average Bonchev–Trinajstić information content (AvgIpc) is 2.82. The molecule has 2 aromatic rings. The number of carbonyl (C=O) groups excluding carboxylic acids is 2. The van der Waals surface area contributed by atoms with Gasteiger partial charge in [0.25, 0.3) is 5.91 Å². The standard InChI is InChI=1S/C23H28N2O6/c1-28-19-14-21(30-3)20(29-2)13-18(19)23(27)31-16-22(26)25-11-9-24(10-12-25)15-17-7-5-4-6-8-17/h4-8,13-14H,9-12,15-16H2,1-3H3. The summed E-state index contributed by atoms with van der Waals surface area (Å²) in [5.74, 6) is 0.210. The molecule has 2 aromatic carbocycles. The predicted octanol–water partition coefficient (Wildman–Crippen LogP) is 2.21. The minimum Gasteiger partial charge on any atom is -0.496 e. The van der Waals surface area contributed by atoms with Crippen LogP contribution in [-0.4, -0.2) is 75.8 Å². The van der Waals surface area contributed by atoms with E-state index in [-0.39, 0.29) is 23.8 Å². The molecule has 8 nitrogen and oxygen atoms in total. The number of esters is 1. The van der Waals surface area contributed by atoms with Crippen LogP contribution in [0, 0.1) is 0 Å². The molecule has 1 aliphatic heterocycles. The van der Waals surface area contributed by atoms with Gasteiger partial charge in [-0.25, -0.2) is 4.79 Å². The van der Waals surface area contributed by atoms with Crippen molar-refractivity contribution in [2.24, 2.45) is 0 Å². The van der Waals surface area contributed by atoms with Crippen molar-refractivity contribution in [1.82, 2.24) is 9.80 Å². The lowest BCUT2D eigenvalue weighted by Gasteiger charge is -2.34. The van der Waals surface area contributed by atoms with Crippen molar-refractivity contribution < 1.29 is 28.5 Å². The Labute approximate surface area is 182 Å². The van der Waals surface area contributed by atoms with Crippen LogP contribution in [0.15, 0.2) is 42.5 Å². The van der Waals surface area contributed by atoms with Crippen molar-refractivity contribution in [2.45, 2.75) is 6.54 Å². The first-order chi connectivity index (χ1) is 15.0. The minimum absolute atomic E-state index is 0.167. The van der Waals surface area contributed by atoms with Crippen LogP contribution >= 0.6 is 0 Å². The molecule has 1 heterocycles. The van der Waals surface area contributed by atoms with Crippen molar-refractivity contribution in [3.63, 3.8) is 0 Å². The second kappa shape index (κ2) is 10.7. The van der Waals surface area contributed by atoms with Crippen molar-refractivity contribution in [2.75, 3.05) is 54.1 Å². The molecular weight excluding hydrogens is 400 g/mol. The molecule has 0 aliphatic carbocycles. The van der Waals surface area contributed by atoms with E-state index in [0.29, 0.717) is 24.6 Å². The normalized spacial score (nSPS) is 14.1. The molecule has 1 fully saturated rings. The summed E-state index contributed by atoms with van der Waals surface area (Å²) in [6, 6.07) is 13.3. The number of carbonyl (C=O) groups is 2. The largest absolute Gasteiger partial charge is 0.496 e. The lowest BCUT2D eigenvalue weighted by Crippen LogP contribution is -2.49. The number of hydrogen-bond donors (Lipinski definition) is 0. The van der Waals surface area contributed by atoms with Crippen LogP contribution in [0.1, 0.15) is 15.9 Å². The summed E-state index contributed by atoms with van der Waals surface area (Å²) >= 11 is 0. The van der Waals surface area contributed by atoms with E-state index in [1.165, 1.54) is 33.0 Å². The summed E-state index contributed by atoms with van der Waals surface area (Å²) < 4.78 is 21.0. The van der Waals surface area contributed by atoms with E-state index < -0.39 is 5.97 Å². The van der Waals surface area contributed by atoms with Gasteiger partial charge >= 0.3 is 5.97 Å². The smallest absolute Gasteiger partial charge is 0.342 e. The van der Waals surface area contributed by atoms with Crippen LogP contribution < -0.4 is 14.2 Å². The molecule has 1 saturated heterocycles. The Morgan fingerprint density at radius 2 is 1.45 bits per heavy atom. The third-order valence-electron chi connectivity index (χ3n) is 5.23. The first kappa shape index (κ1) is 22.4. The van der Waals surface area contributed by atoms with Gasteiger partial charge in [0, 0.05) is 44.9 Å². The maximum absolute atomic E-state index is 12.6. The quantitative estimate of drug-likeness (QED) is 0.597. The SMILES string of the molecule is COc1cc(OC)c(C(=O)OCC(=O)N2CCN(Cc3ccccc3)CC2)cc1OC. The van der Waals surface area contributed by atoms with Gasteiger partial charge < -0.3 is 23.8 Å². The third kappa shape index (κ3) is 5.67. The first-order valence-electron chi connectivity index (χ1n) is 10.1. The Bertz CT molecular complexity index is 894. The highest BCUT2D eigenvalue weighted by Crippen LogP contribution is 2.34. The molecule has 166 valence electrons. The fraction of sp³-hybridized carbons (Fsp3) is 0.391. The molecule has 0 saturated carbocycles. The topological polar surface area (TPSA) is 77.5 Å². The maximum Gasteiger partial charge on any atom is 0.342 e.